The van der Waals surface area contributed by atoms with Crippen LogP contribution in [0.3, 0.4) is 0 Å². The third-order valence-electron chi connectivity index (χ3n) is 4.55. The molecule has 0 radical (unpaired) electrons. The lowest BCUT2D eigenvalue weighted by Crippen LogP contribution is -2.08. The average molecular weight is 399 g/mol. The van der Waals surface area contributed by atoms with Gasteiger partial charge in [-0.15, -0.1) is 10.2 Å². The molecule has 0 amide bonds. The van der Waals surface area contributed by atoms with Crippen molar-refractivity contribution in [1.82, 2.24) is 24.3 Å². The van der Waals surface area contributed by atoms with E-state index in [2.05, 4.69) is 15.2 Å². The van der Waals surface area contributed by atoms with Crippen LogP contribution in [0.2, 0.25) is 0 Å². The van der Waals surface area contributed by atoms with E-state index in [9.17, 15) is 8.78 Å². The molecule has 4 rings (SSSR count). The van der Waals surface area contributed by atoms with Crippen molar-refractivity contribution in [2.45, 2.75) is 37.3 Å². The highest BCUT2D eigenvalue weighted by molar-refractivity contribution is 7.99. The van der Waals surface area contributed by atoms with Crippen LogP contribution in [0.25, 0.3) is 11.0 Å². The maximum Gasteiger partial charge on any atom is 0.320 e. The molecular weight excluding hydrogens is 380 g/mol. The number of nitrogens with zero attached hydrogens (tertiary/aromatic N) is 5. The lowest BCUT2D eigenvalue weighted by atomic mass is 10.2. The second kappa shape index (κ2) is 7.71. The molecule has 0 spiro atoms. The van der Waals surface area contributed by atoms with Crippen LogP contribution in [0, 0.1) is 6.92 Å². The number of alkyl halides is 2. The summed E-state index contributed by atoms with van der Waals surface area (Å²) in [5, 5.41) is 8.80. The van der Waals surface area contributed by atoms with Crippen molar-refractivity contribution in [3.05, 3.63) is 71.8 Å². The molecule has 1 atom stereocenters. The van der Waals surface area contributed by atoms with Crippen LogP contribution in [0.4, 0.5) is 8.78 Å². The highest BCUT2D eigenvalue weighted by atomic mass is 32.2. The van der Waals surface area contributed by atoms with Crippen LogP contribution in [-0.4, -0.2) is 24.3 Å². The molecule has 0 saturated heterocycles. The Kier molecular flexibility index (Phi) is 5.13. The topological polar surface area (TPSA) is 48.5 Å². The molecule has 144 valence electrons. The first-order valence-corrected chi connectivity index (χ1v) is 9.78. The van der Waals surface area contributed by atoms with Gasteiger partial charge in [-0.1, -0.05) is 54.2 Å². The molecule has 4 aromatic rings. The summed E-state index contributed by atoms with van der Waals surface area (Å²) in [5.41, 5.74) is 2.12. The Morgan fingerprint density at radius 3 is 2.46 bits per heavy atom. The van der Waals surface area contributed by atoms with Gasteiger partial charge in [-0.3, -0.25) is 4.57 Å². The maximum atomic E-state index is 13.7. The van der Waals surface area contributed by atoms with Crippen LogP contribution in [-0.2, 0) is 6.54 Å². The van der Waals surface area contributed by atoms with Crippen molar-refractivity contribution in [3.63, 3.8) is 0 Å². The molecule has 2 aromatic carbocycles. The van der Waals surface area contributed by atoms with Crippen LogP contribution in [0.1, 0.15) is 35.9 Å². The van der Waals surface area contributed by atoms with E-state index in [0.29, 0.717) is 28.6 Å². The van der Waals surface area contributed by atoms with Gasteiger partial charge in [-0.05, 0) is 31.5 Å². The molecule has 0 aliphatic rings. The Balaban J connectivity index is 1.66. The Bertz CT molecular complexity index is 1090. The monoisotopic (exact) mass is 399 g/mol. The lowest BCUT2D eigenvalue weighted by Gasteiger charge is -2.14. The summed E-state index contributed by atoms with van der Waals surface area (Å²) in [7, 11) is 0. The van der Waals surface area contributed by atoms with Gasteiger partial charge in [0.2, 0.25) is 0 Å². The lowest BCUT2D eigenvalue weighted by molar-refractivity contribution is 0.0715. The third kappa shape index (κ3) is 3.52. The van der Waals surface area contributed by atoms with Crippen molar-refractivity contribution in [2.24, 2.45) is 0 Å². The molecule has 0 saturated carbocycles. The van der Waals surface area contributed by atoms with Crippen LogP contribution < -0.4 is 0 Å². The number of imidazole rings is 1. The molecule has 8 heteroatoms. The number of aryl methyl sites for hydroxylation is 1. The van der Waals surface area contributed by atoms with E-state index in [0.717, 1.165) is 16.0 Å². The van der Waals surface area contributed by atoms with E-state index in [1.807, 2.05) is 48.7 Å². The van der Waals surface area contributed by atoms with E-state index >= 15 is 0 Å². The van der Waals surface area contributed by atoms with Gasteiger partial charge in [-0.2, -0.15) is 8.78 Å². The van der Waals surface area contributed by atoms with Crippen molar-refractivity contribution in [3.8, 4) is 0 Å². The van der Waals surface area contributed by atoms with Crippen molar-refractivity contribution in [1.29, 1.82) is 0 Å². The number of para-hydroxylation sites is 2. The summed E-state index contributed by atoms with van der Waals surface area (Å²) in [5.74, 6) is 1.11. The molecule has 0 aliphatic heterocycles. The van der Waals surface area contributed by atoms with Crippen molar-refractivity contribution >= 4 is 22.8 Å². The Hall–Kier alpha value is -2.74. The standard InChI is InChI=1S/C20H19F2N5S/c1-13(18-23-16-10-6-7-11-17(16)27(18)19(21)22)28-20-25-24-14(2)26(20)12-15-8-4-3-5-9-15/h3-11,13,19H,12H2,1-2H3/t13-/m0/s1. The number of fused-ring (bicyclic) bond motifs is 1. The summed E-state index contributed by atoms with van der Waals surface area (Å²) in [6.45, 7) is 1.72. The first kappa shape index (κ1) is 18.6. The SMILES string of the molecule is Cc1nnc(S[C@@H](C)c2nc3ccccc3n2C(F)F)n1Cc1ccccc1. The molecule has 2 aromatic heterocycles. The quantitative estimate of drug-likeness (QED) is 0.417. The van der Waals surface area contributed by atoms with Gasteiger partial charge < -0.3 is 4.57 Å². The van der Waals surface area contributed by atoms with E-state index in [-0.39, 0.29) is 5.25 Å². The zero-order valence-electron chi connectivity index (χ0n) is 15.5. The summed E-state index contributed by atoms with van der Waals surface area (Å²) in [4.78, 5) is 4.46. The van der Waals surface area contributed by atoms with E-state index in [1.54, 1.807) is 24.3 Å². The van der Waals surface area contributed by atoms with E-state index < -0.39 is 6.55 Å². The van der Waals surface area contributed by atoms with Gasteiger partial charge in [0.1, 0.15) is 11.6 Å². The smallest absolute Gasteiger partial charge is 0.302 e. The molecular formula is C20H19F2N5S. The Labute approximate surface area is 165 Å². The molecule has 0 N–H and O–H groups in total. The summed E-state index contributed by atoms with van der Waals surface area (Å²) in [6.07, 6.45) is 0. The number of rotatable bonds is 6. The van der Waals surface area contributed by atoms with Gasteiger partial charge in [-0.25, -0.2) is 4.98 Å². The van der Waals surface area contributed by atoms with Crippen LogP contribution >= 0.6 is 11.8 Å². The zero-order chi connectivity index (χ0) is 19.7. The number of benzene rings is 2. The maximum absolute atomic E-state index is 13.7. The number of thioether (sulfide) groups is 1. The molecule has 0 unspecified atom stereocenters. The minimum Gasteiger partial charge on any atom is -0.302 e. The van der Waals surface area contributed by atoms with E-state index in [1.165, 1.54) is 11.8 Å². The average Bonchev–Trinajstić information content (AvgIpc) is 3.24. The number of hydrogen-bond donors (Lipinski definition) is 0. The van der Waals surface area contributed by atoms with Gasteiger partial charge in [0.25, 0.3) is 0 Å². The highest BCUT2D eigenvalue weighted by Gasteiger charge is 2.24. The first-order chi connectivity index (χ1) is 13.5. The number of aromatic nitrogens is 5. The first-order valence-electron chi connectivity index (χ1n) is 8.90. The molecule has 2 heterocycles. The summed E-state index contributed by atoms with van der Waals surface area (Å²) < 4.78 is 30.5. The predicted molar refractivity (Wildman–Crippen MR) is 106 cm³/mol. The normalized spacial score (nSPS) is 12.8. The molecule has 0 aliphatic carbocycles. The minimum absolute atomic E-state index is 0.320. The fraction of sp³-hybridized carbons (Fsp3) is 0.250. The van der Waals surface area contributed by atoms with Crippen molar-refractivity contribution in [2.75, 3.05) is 0 Å². The van der Waals surface area contributed by atoms with Gasteiger partial charge in [0, 0.05) is 0 Å². The second-order valence-electron chi connectivity index (χ2n) is 6.47. The third-order valence-corrected chi connectivity index (χ3v) is 5.63. The minimum atomic E-state index is -2.66. The van der Waals surface area contributed by atoms with Gasteiger partial charge >= 0.3 is 6.55 Å². The summed E-state index contributed by atoms with van der Waals surface area (Å²) in [6, 6.07) is 17.0. The van der Waals surface area contributed by atoms with Gasteiger partial charge in [0.15, 0.2) is 5.16 Å². The highest BCUT2D eigenvalue weighted by Crippen LogP contribution is 2.37. The fourth-order valence-corrected chi connectivity index (χ4v) is 4.16. The largest absolute Gasteiger partial charge is 0.320 e. The molecule has 0 bridgehead atoms. The van der Waals surface area contributed by atoms with Crippen LogP contribution in [0.15, 0.2) is 59.8 Å². The molecule has 0 fully saturated rings. The molecule has 5 nitrogen and oxygen atoms in total. The fourth-order valence-electron chi connectivity index (χ4n) is 3.16. The second-order valence-corrected chi connectivity index (χ2v) is 7.78. The zero-order valence-corrected chi connectivity index (χ0v) is 16.3. The van der Waals surface area contributed by atoms with Crippen molar-refractivity contribution < 1.29 is 8.78 Å². The number of hydrogen-bond acceptors (Lipinski definition) is 4. The summed E-state index contributed by atoms with van der Waals surface area (Å²) >= 11 is 1.38. The predicted octanol–water partition coefficient (Wildman–Crippen LogP) is 5.23. The Morgan fingerprint density at radius 1 is 1.00 bits per heavy atom. The number of halogens is 2. The Morgan fingerprint density at radius 2 is 1.71 bits per heavy atom. The molecule has 28 heavy (non-hydrogen) atoms. The van der Waals surface area contributed by atoms with E-state index in [4.69, 9.17) is 0 Å². The van der Waals surface area contributed by atoms with Gasteiger partial charge in [0.05, 0.1) is 22.8 Å². The van der Waals surface area contributed by atoms with Crippen LogP contribution in [0.5, 0.6) is 0 Å².